The third kappa shape index (κ3) is 3.55. The molecule has 0 spiro atoms. The molecule has 102 valence electrons. The summed E-state index contributed by atoms with van der Waals surface area (Å²) < 4.78 is 6.17. The summed E-state index contributed by atoms with van der Waals surface area (Å²) in [7, 11) is 5.69. The van der Waals surface area contributed by atoms with Gasteiger partial charge in [0.2, 0.25) is 0 Å². The van der Waals surface area contributed by atoms with E-state index < -0.39 is 0 Å². The highest BCUT2D eigenvalue weighted by Gasteiger charge is 2.02. The maximum absolute atomic E-state index is 5.14. The highest BCUT2D eigenvalue weighted by Crippen LogP contribution is 2.22. The van der Waals surface area contributed by atoms with E-state index in [1.807, 2.05) is 50.5 Å². The first-order valence-electron chi connectivity index (χ1n) is 6.23. The molecule has 0 aliphatic heterocycles. The third-order valence-corrected chi connectivity index (χ3v) is 3.37. The van der Waals surface area contributed by atoms with E-state index in [0.29, 0.717) is 0 Å². The number of hydrogen-bond acceptors (Lipinski definition) is 2. The number of ether oxygens (including phenoxy) is 1. The van der Waals surface area contributed by atoms with Crippen molar-refractivity contribution in [3.8, 4) is 17.6 Å². The lowest BCUT2D eigenvalue weighted by Gasteiger charge is -2.14. The van der Waals surface area contributed by atoms with Crippen LogP contribution < -0.4 is 9.64 Å². The molecule has 20 heavy (non-hydrogen) atoms. The van der Waals surface area contributed by atoms with Crippen molar-refractivity contribution in [3.63, 3.8) is 0 Å². The van der Waals surface area contributed by atoms with Gasteiger partial charge < -0.3 is 9.64 Å². The number of nitrogens with zero attached hydrogens (tertiary/aromatic N) is 1. The van der Waals surface area contributed by atoms with Crippen LogP contribution in [0.25, 0.3) is 0 Å². The summed E-state index contributed by atoms with van der Waals surface area (Å²) in [6, 6.07) is 13.9. The van der Waals surface area contributed by atoms with E-state index in [-0.39, 0.29) is 0 Å². The van der Waals surface area contributed by atoms with E-state index >= 15 is 0 Å². The van der Waals surface area contributed by atoms with Gasteiger partial charge >= 0.3 is 0 Å². The molecule has 0 aliphatic carbocycles. The van der Waals surface area contributed by atoms with E-state index in [4.69, 9.17) is 4.74 Å². The number of halogens is 1. The van der Waals surface area contributed by atoms with Crippen LogP contribution in [0, 0.1) is 11.8 Å². The van der Waals surface area contributed by atoms with E-state index in [1.165, 1.54) is 0 Å². The molecule has 0 heterocycles. The Morgan fingerprint density at radius 2 is 1.70 bits per heavy atom. The Morgan fingerprint density at radius 3 is 2.30 bits per heavy atom. The van der Waals surface area contributed by atoms with Crippen LogP contribution in [-0.4, -0.2) is 21.2 Å². The maximum Gasteiger partial charge on any atom is 0.118 e. The molecular weight excluding hydrogens is 314 g/mol. The molecule has 2 nitrogen and oxygen atoms in total. The second-order valence-electron chi connectivity index (χ2n) is 4.53. The van der Waals surface area contributed by atoms with Crippen LogP contribution >= 0.6 is 15.9 Å². The molecular formula is C17H16BrNO. The van der Waals surface area contributed by atoms with E-state index in [2.05, 4.69) is 38.7 Å². The van der Waals surface area contributed by atoms with Crippen LogP contribution in [0.5, 0.6) is 5.75 Å². The molecule has 0 amide bonds. The number of benzene rings is 2. The molecule has 0 saturated carbocycles. The monoisotopic (exact) mass is 329 g/mol. The van der Waals surface area contributed by atoms with Gasteiger partial charge in [-0.15, -0.1) is 0 Å². The highest BCUT2D eigenvalue weighted by molar-refractivity contribution is 9.10. The fourth-order valence-corrected chi connectivity index (χ4v) is 2.17. The zero-order valence-corrected chi connectivity index (χ0v) is 13.4. The van der Waals surface area contributed by atoms with Gasteiger partial charge in [0, 0.05) is 29.7 Å². The Kier molecular flexibility index (Phi) is 4.70. The Bertz CT molecular complexity index is 651. The van der Waals surface area contributed by atoms with Gasteiger partial charge in [0.25, 0.3) is 0 Å². The minimum atomic E-state index is 0.840. The summed E-state index contributed by atoms with van der Waals surface area (Å²) in [6.45, 7) is 0. The summed E-state index contributed by atoms with van der Waals surface area (Å²) in [6.07, 6.45) is 0. The quantitative estimate of drug-likeness (QED) is 0.774. The van der Waals surface area contributed by atoms with Gasteiger partial charge in [-0.25, -0.2) is 0 Å². The molecule has 0 aliphatic rings. The summed E-state index contributed by atoms with van der Waals surface area (Å²) >= 11 is 3.49. The predicted octanol–water partition coefficient (Wildman–Crippen LogP) is 3.92. The molecule has 3 heteroatoms. The summed E-state index contributed by atoms with van der Waals surface area (Å²) in [5, 5.41) is 0. The molecule has 0 saturated heterocycles. The molecule has 0 radical (unpaired) electrons. The largest absolute Gasteiger partial charge is 0.497 e. The van der Waals surface area contributed by atoms with E-state index in [1.54, 1.807) is 7.11 Å². The molecule has 0 N–H and O–H groups in total. The first-order chi connectivity index (χ1) is 9.60. The maximum atomic E-state index is 5.14. The summed E-state index contributed by atoms with van der Waals surface area (Å²) in [4.78, 5) is 2.06. The van der Waals surface area contributed by atoms with Crippen LogP contribution in [0.15, 0.2) is 46.9 Å². The fourth-order valence-electron chi connectivity index (χ4n) is 1.81. The zero-order chi connectivity index (χ0) is 14.5. The van der Waals surface area contributed by atoms with Crippen molar-refractivity contribution in [2.45, 2.75) is 0 Å². The molecule has 2 aromatic carbocycles. The van der Waals surface area contributed by atoms with Crippen molar-refractivity contribution in [1.29, 1.82) is 0 Å². The third-order valence-electron chi connectivity index (χ3n) is 2.87. The first-order valence-corrected chi connectivity index (χ1v) is 7.02. The Labute approximate surface area is 128 Å². The standard InChI is InChI=1S/C17H16BrNO/c1-19(2)17-11-8-15(18)12-14(17)7-4-13-5-9-16(20-3)10-6-13/h5-6,8-12H,1-3H3. The highest BCUT2D eigenvalue weighted by atomic mass is 79.9. The lowest BCUT2D eigenvalue weighted by molar-refractivity contribution is 0.415. The van der Waals surface area contributed by atoms with Crippen LogP contribution in [0.1, 0.15) is 11.1 Å². The lowest BCUT2D eigenvalue weighted by atomic mass is 10.1. The first kappa shape index (κ1) is 14.5. The average Bonchev–Trinajstić information content (AvgIpc) is 2.45. The number of rotatable bonds is 2. The van der Waals surface area contributed by atoms with Gasteiger partial charge in [-0.2, -0.15) is 0 Å². The van der Waals surface area contributed by atoms with Crippen molar-refractivity contribution in [3.05, 3.63) is 58.1 Å². The van der Waals surface area contributed by atoms with Crippen molar-refractivity contribution in [2.75, 3.05) is 26.1 Å². The SMILES string of the molecule is COc1ccc(C#Cc2cc(Br)ccc2N(C)C)cc1. The minimum Gasteiger partial charge on any atom is -0.497 e. The average molecular weight is 330 g/mol. The zero-order valence-electron chi connectivity index (χ0n) is 11.8. The lowest BCUT2D eigenvalue weighted by Crippen LogP contribution is -2.10. The summed E-state index contributed by atoms with van der Waals surface area (Å²) in [5.74, 6) is 7.25. The molecule has 0 fully saturated rings. The number of hydrogen-bond donors (Lipinski definition) is 0. The molecule has 0 atom stereocenters. The Balaban J connectivity index is 2.34. The number of methoxy groups -OCH3 is 1. The van der Waals surface area contributed by atoms with Gasteiger partial charge in [0.15, 0.2) is 0 Å². The van der Waals surface area contributed by atoms with Crippen molar-refractivity contribution < 1.29 is 4.74 Å². The van der Waals surface area contributed by atoms with Gasteiger partial charge in [0.05, 0.1) is 12.8 Å². The second kappa shape index (κ2) is 6.49. The molecule has 0 bridgehead atoms. The van der Waals surface area contributed by atoms with Crippen LogP contribution in [0.4, 0.5) is 5.69 Å². The van der Waals surface area contributed by atoms with Gasteiger partial charge in [-0.3, -0.25) is 0 Å². The molecule has 0 aromatic heterocycles. The smallest absolute Gasteiger partial charge is 0.118 e. The number of anilines is 1. The van der Waals surface area contributed by atoms with E-state index in [9.17, 15) is 0 Å². The van der Waals surface area contributed by atoms with Gasteiger partial charge in [-0.1, -0.05) is 27.8 Å². The second-order valence-corrected chi connectivity index (χ2v) is 5.45. The minimum absolute atomic E-state index is 0.840. The van der Waals surface area contributed by atoms with Gasteiger partial charge in [0.1, 0.15) is 5.75 Å². The Morgan fingerprint density at radius 1 is 1.00 bits per heavy atom. The molecule has 2 aromatic rings. The normalized spacial score (nSPS) is 9.60. The molecule has 2 rings (SSSR count). The van der Waals surface area contributed by atoms with Crippen LogP contribution in [-0.2, 0) is 0 Å². The van der Waals surface area contributed by atoms with Crippen molar-refractivity contribution >= 4 is 21.6 Å². The van der Waals surface area contributed by atoms with Crippen molar-refractivity contribution in [2.24, 2.45) is 0 Å². The van der Waals surface area contributed by atoms with Crippen molar-refractivity contribution in [1.82, 2.24) is 0 Å². The molecule has 0 unspecified atom stereocenters. The Hall–Kier alpha value is -1.92. The van der Waals surface area contributed by atoms with Crippen LogP contribution in [0.3, 0.4) is 0 Å². The fraction of sp³-hybridized carbons (Fsp3) is 0.176. The van der Waals surface area contributed by atoms with E-state index in [0.717, 1.165) is 27.0 Å². The van der Waals surface area contributed by atoms with Crippen LogP contribution in [0.2, 0.25) is 0 Å². The topological polar surface area (TPSA) is 12.5 Å². The predicted molar refractivity (Wildman–Crippen MR) is 87.4 cm³/mol. The van der Waals surface area contributed by atoms with Gasteiger partial charge in [-0.05, 0) is 42.5 Å². The summed E-state index contributed by atoms with van der Waals surface area (Å²) in [5.41, 5.74) is 3.07.